The fraction of sp³-hybridized carbons (Fsp3) is 0.562. The molecule has 0 aromatic carbocycles. The number of nitrogens with zero attached hydrogens (tertiary/aromatic N) is 4. The lowest BCUT2D eigenvalue weighted by molar-refractivity contribution is -0.124. The van der Waals surface area contributed by atoms with Crippen LogP contribution in [0.5, 0.6) is 0 Å². The van der Waals surface area contributed by atoms with Gasteiger partial charge in [-0.3, -0.25) is 14.2 Å². The highest BCUT2D eigenvalue weighted by molar-refractivity contribution is 5.79. The van der Waals surface area contributed by atoms with Crippen LogP contribution in [-0.2, 0) is 18.3 Å². The average Bonchev–Trinajstić information content (AvgIpc) is 2.90. The SMILES string of the molecule is Cc1cc(C)n(C(C)C(=O)NCCc2c(C)nn(C)c2C)n1. The molecular weight excluding hydrogens is 278 g/mol. The van der Waals surface area contributed by atoms with Crippen molar-refractivity contribution in [1.29, 1.82) is 0 Å². The summed E-state index contributed by atoms with van der Waals surface area (Å²) in [5.41, 5.74) is 5.32. The molecule has 0 saturated heterocycles. The second kappa shape index (κ2) is 6.34. The van der Waals surface area contributed by atoms with Crippen molar-refractivity contribution in [3.05, 3.63) is 34.4 Å². The molecule has 1 N–H and O–H groups in total. The summed E-state index contributed by atoms with van der Waals surface area (Å²) >= 11 is 0. The van der Waals surface area contributed by atoms with Crippen LogP contribution in [0.2, 0.25) is 0 Å². The van der Waals surface area contributed by atoms with E-state index in [0.29, 0.717) is 6.54 Å². The van der Waals surface area contributed by atoms with E-state index in [0.717, 1.165) is 29.2 Å². The lowest BCUT2D eigenvalue weighted by Crippen LogP contribution is -2.33. The quantitative estimate of drug-likeness (QED) is 0.915. The first-order valence-corrected chi connectivity index (χ1v) is 7.60. The van der Waals surface area contributed by atoms with E-state index in [1.165, 1.54) is 5.56 Å². The fourth-order valence-corrected chi connectivity index (χ4v) is 2.79. The van der Waals surface area contributed by atoms with Crippen molar-refractivity contribution in [2.75, 3.05) is 6.54 Å². The third-order valence-corrected chi connectivity index (χ3v) is 4.12. The molecule has 2 aromatic rings. The predicted molar refractivity (Wildman–Crippen MR) is 85.8 cm³/mol. The van der Waals surface area contributed by atoms with Crippen molar-refractivity contribution in [2.45, 2.75) is 47.1 Å². The molecule has 1 amide bonds. The number of aromatic nitrogens is 4. The molecule has 0 aliphatic rings. The Balaban J connectivity index is 1.94. The van der Waals surface area contributed by atoms with Crippen LogP contribution >= 0.6 is 0 Å². The molecule has 1 unspecified atom stereocenters. The first-order chi connectivity index (χ1) is 10.3. The van der Waals surface area contributed by atoms with E-state index in [1.54, 1.807) is 4.68 Å². The van der Waals surface area contributed by atoms with Gasteiger partial charge in [-0.25, -0.2) is 0 Å². The topological polar surface area (TPSA) is 64.7 Å². The van der Waals surface area contributed by atoms with Gasteiger partial charge in [0, 0.05) is 25.0 Å². The molecular formula is C16H25N5O. The molecule has 6 heteroatoms. The van der Waals surface area contributed by atoms with Crippen LogP contribution in [0, 0.1) is 27.7 Å². The zero-order valence-electron chi connectivity index (χ0n) is 14.3. The Labute approximate surface area is 131 Å². The Morgan fingerprint density at radius 1 is 1.27 bits per heavy atom. The molecule has 1 atom stereocenters. The highest BCUT2D eigenvalue weighted by atomic mass is 16.2. The second-order valence-electron chi connectivity index (χ2n) is 5.86. The molecule has 22 heavy (non-hydrogen) atoms. The third-order valence-electron chi connectivity index (χ3n) is 4.12. The molecule has 2 aromatic heterocycles. The van der Waals surface area contributed by atoms with Crippen LogP contribution in [0.3, 0.4) is 0 Å². The van der Waals surface area contributed by atoms with Gasteiger partial charge in [0.05, 0.1) is 11.4 Å². The van der Waals surface area contributed by atoms with Crippen molar-refractivity contribution >= 4 is 5.91 Å². The van der Waals surface area contributed by atoms with E-state index in [1.807, 2.05) is 45.5 Å². The van der Waals surface area contributed by atoms with Gasteiger partial charge in [0.15, 0.2) is 0 Å². The van der Waals surface area contributed by atoms with Crippen LogP contribution in [0.25, 0.3) is 0 Å². The van der Waals surface area contributed by atoms with Crippen LogP contribution in [0.15, 0.2) is 6.07 Å². The summed E-state index contributed by atoms with van der Waals surface area (Å²) in [7, 11) is 1.94. The Bertz CT molecular complexity index is 683. The molecule has 120 valence electrons. The third kappa shape index (κ3) is 3.21. The average molecular weight is 303 g/mol. The Kier molecular flexibility index (Phi) is 4.68. The van der Waals surface area contributed by atoms with Crippen molar-refractivity contribution in [3.63, 3.8) is 0 Å². The number of carbonyl (C=O) groups is 1. The summed E-state index contributed by atoms with van der Waals surface area (Å²) < 4.78 is 3.65. The van der Waals surface area contributed by atoms with Gasteiger partial charge in [-0.2, -0.15) is 10.2 Å². The van der Waals surface area contributed by atoms with Gasteiger partial charge >= 0.3 is 0 Å². The molecule has 0 aliphatic carbocycles. The van der Waals surface area contributed by atoms with E-state index in [9.17, 15) is 4.79 Å². The summed E-state index contributed by atoms with van der Waals surface area (Å²) in [4.78, 5) is 12.3. The lowest BCUT2D eigenvalue weighted by atomic mass is 10.1. The predicted octanol–water partition coefficient (Wildman–Crippen LogP) is 1.77. The smallest absolute Gasteiger partial charge is 0.244 e. The van der Waals surface area contributed by atoms with E-state index < -0.39 is 0 Å². The van der Waals surface area contributed by atoms with Crippen molar-refractivity contribution in [2.24, 2.45) is 7.05 Å². The summed E-state index contributed by atoms with van der Waals surface area (Å²) in [6.45, 7) is 10.4. The first kappa shape index (κ1) is 16.3. The molecule has 0 saturated carbocycles. The fourth-order valence-electron chi connectivity index (χ4n) is 2.79. The number of hydrogen-bond donors (Lipinski definition) is 1. The number of nitrogens with one attached hydrogen (secondary N) is 1. The van der Waals surface area contributed by atoms with Gasteiger partial charge in [-0.05, 0) is 52.7 Å². The van der Waals surface area contributed by atoms with Gasteiger partial charge in [-0.15, -0.1) is 0 Å². The zero-order valence-corrected chi connectivity index (χ0v) is 14.3. The number of carbonyl (C=O) groups excluding carboxylic acids is 1. The highest BCUT2D eigenvalue weighted by Crippen LogP contribution is 2.13. The van der Waals surface area contributed by atoms with Gasteiger partial charge in [0.2, 0.25) is 5.91 Å². The molecule has 0 fully saturated rings. The van der Waals surface area contributed by atoms with Gasteiger partial charge in [-0.1, -0.05) is 0 Å². The van der Waals surface area contributed by atoms with Crippen LogP contribution in [-0.4, -0.2) is 32.0 Å². The van der Waals surface area contributed by atoms with Crippen molar-refractivity contribution < 1.29 is 4.79 Å². The number of hydrogen-bond acceptors (Lipinski definition) is 3. The molecule has 6 nitrogen and oxygen atoms in total. The molecule has 2 heterocycles. The van der Waals surface area contributed by atoms with Crippen molar-refractivity contribution in [3.8, 4) is 0 Å². The normalized spacial score (nSPS) is 12.5. The maximum Gasteiger partial charge on any atom is 0.244 e. The van der Waals surface area contributed by atoms with E-state index >= 15 is 0 Å². The second-order valence-corrected chi connectivity index (χ2v) is 5.86. The Morgan fingerprint density at radius 2 is 1.95 bits per heavy atom. The van der Waals surface area contributed by atoms with Crippen LogP contribution in [0.1, 0.15) is 41.3 Å². The van der Waals surface area contributed by atoms with E-state index in [4.69, 9.17) is 0 Å². The molecule has 0 bridgehead atoms. The zero-order chi connectivity index (χ0) is 16.4. The maximum absolute atomic E-state index is 12.3. The summed E-state index contributed by atoms with van der Waals surface area (Å²) in [6, 6.07) is 1.68. The Hall–Kier alpha value is -2.11. The first-order valence-electron chi connectivity index (χ1n) is 7.60. The standard InChI is InChI=1S/C16H25N5O/c1-10-9-11(2)21(18-10)14(5)16(22)17-8-7-15-12(3)19-20(6)13(15)4/h9,14H,7-8H2,1-6H3,(H,17,22). The van der Waals surface area contributed by atoms with Gasteiger partial charge in [0.25, 0.3) is 0 Å². The summed E-state index contributed by atoms with van der Waals surface area (Å²) in [5, 5.41) is 11.8. The molecule has 2 rings (SSSR count). The van der Waals surface area contributed by atoms with Crippen LogP contribution < -0.4 is 5.32 Å². The molecule has 0 aliphatic heterocycles. The monoisotopic (exact) mass is 303 g/mol. The lowest BCUT2D eigenvalue weighted by Gasteiger charge is -2.14. The minimum absolute atomic E-state index is 0.00889. The minimum Gasteiger partial charge on any atom is -0.354 e. The van der Waals surface area contributed by atoms with Gasteiger partial charge < -0.3 is 5.32 Å². The number of rotatable bonds is 5. The largest absolute Gasteiger partial charge is 0.354 e. The Morgan fingerprint density at radius 3 is 2.45 bits per heavy atom. The van der Waals surface area contributed by atoms with E-state index in [2.05, 4.69) is 22.4 Å². The van der Waals surface area contributed by atoms with Crippen LogP contribution in [0.4, 0.5) is 0 Å². The highest BCUT2D eigenvalue weighted by Gasteiger charge is 2.18. The maximum atomic E-state index is 12.3. The summed E-state index contributed by atoms with van der Waals surface area (Å²) in [6.07, 6.45) is 0.793. The number of aryl methyl sites for hydroxylation is 4. The molecule has 0 spiro atoms. The number of amides is 1. The minimum atomic E-state index is -0.301. The molecule has 0 radical (unpaired) electrons. The van der Waals surface area contributed by atoms with E-state index in [-0.39, 0.29) is 11.9 Å². The van der Waals surface area contributed by atoms with Gasteiger partial charge in [0.1, 0.15) is 6.04 Å². The summed E-state index contributed by atoms with van der Waals surface area (Å²) in [5.74, 6) is -0.00889. The van der Waals surface area contributed by atoms with Crippen molar-refractivity contribution in [1.82, 2.24) is 24.9 Å².